The number of piperazine rings is 1. The number of aryl methyl sites for hydroxylation is 1. The second-order valence-corrected chi connectivity index (χ2v) is 7.65. The molecule has 4 amide bonds. The Morgan fingerprint density at radius 1 is 0.969 bits per heavy atom. The highest BCUT2D eigenvalue weighted by Crippen LogP contribution is 2.32. The summed E-state index contributed by atoms with van der Waals surface area (Å²) in [6.45, 7) is 5.68. The molecule has 0 saturated carbocycles. The number of rotatable bonds is 5. The van der Waals surface area contributed by atoms with Crippen LogP contribution in [0.3, 0.4) is 0 Å². The Morgan fingerprint density at radius 2 is 1.72 bits per heavy atom. The van der Waals surface area contributed by atoms with Crippen LogP contribution in [0.4, 0.5) is 10.5 Å². The number of amides is 4. The molecule has 4 rings (SSSR count). The molecule has 0 unspecified atom stereocenters. The smallest absolute Gasteiger partial charge is 0.325 e. The third-order valence-electron chi connectivity index (χ3n) is 5.32. The van der Waals surface area contributed by atoms with E-state index in [1.54, 1.807) is 42.2 Å². The van der Waals surface area contributed by atoms with Gasteiger partial charge < -0.3 is 24.1 Å². The molecule has 32 heavy (non-hydrogen) atoms. The number of ether oxygens (including phenoxy) is 2. The maximum Gasteiger partial charge on any atom is 0.325 e. The van der Waals surface area contributed by atoms with Crippen LogP contribution in [0.25, 0.3) is 0 Å². The van der Waals surface area contributed by atoms with E-state index in [0.717, 1.165) is 0 Å². The van der Waals surface area contributed by atoms with Crippen molar-refractivity contribution in [2.24, 2.45) is 0 Å². The van der Waals surface area contributed by atoms with Gasteiger partial charge in [0.15, 0.2) is 17.3 Å². The van der Waals surface area contributed by atoms with E-state index in [-0.39, 0.29) is 18.2 Å². The quantitative estimate of drug-likeness (QED) is 0.727. The zero-order chi connectivity index (χ0) is 22.5. The predicted octanol–water partition coefficient (Wildman–Crippen LogP) is 1.86. The van der Waals surface area contributed by atoms with Crippen molar-refractivity contribution in [2.45, 2.75) is 13.3 Å². The molecule has 1 aromatic carbocycles. The molecule has 10 nitrogen and oxygen atoms in total. The zero-order valence-electron chi connectivity index (χ0n) is 17.9. The Balaban J connectivity index is 1.17. The number of carbonyl (C=O) groups excluding carboxylic acids is 3. The van der Waals surface area contributed by atoms with Crippen LogP contribution in [-0.2, 0) is 4.79 Å². The molecular formula is C22H26N4O6. The van der Waals surface area contributed by atoms with E-state index in [2.05, 4.69) is 15.5 Å². The van der Waals surface area contributed by atoms with Gasteiger partial charge in [0.05, 0.1) is 0 Å². The Labute approximate surface area is 185 Å². The number of nitrogens with one attached hydrogen (secondary N) is 2. The number of nitrogens with zero attached hydrogens (tertiary/aromatic N) is 2. The number of hydrogen-bond acceptors (Lipinski definition) is 7. The summed E-state index contributed by atoms with van der Waals surface area (Å²) in [5, 5.41) is 4.96. The number of imide groups is 1. The van der Waals surface area contributed by atoms with Crippen LogP contribution in [0, 0.1) is 6.92 Å². The minimum absolute atomic E-state index is 0.119. The van der Waals surface area contributed by atoms with E-state index in [1.165, 1.54) is 0 Å². The van der Waals surface area contributed by atoms with Gasteiger partial charge in [-0.3, -0.25) is 19.8 Å². The van der Waals surface area contributed by atoms with E-state index in [1.807, 2.05) is 0 Å². The predicted molar refractivity (Wildman–Crippen MR) is 115 cm³/mol. The van der Waals surface area contributed by atoms with Gasteiger partial charge in [0.25, 0.3) is 5.91 Å². The lowest BCUT2D eigenvalue weighted by Gasteiger charge is -2.34. The summed E-state index contributed by atoms with van der Waals surface area (Å²) in [5.41, 5.74) is 0.507. The summed E-state index contributed by atoms with van der Waals surface area (Å²) in [5.74, 6) is 1.74. The normalized spacial score (nSPS) is 15.8. The first-order valence-corrected chi connectivity index (χ1v) is 10.6. The number of anilines is 1. The topological polar surface area (TPSA) is 113 Å². The number of fused-ring (bicyclic) bond motifs is 1. The largest absolute Gasteiger partial charge is 0.486 e. The van der Waals surface area contributed by atoms with E-state index < -0.39 is 6.03 Å². The van der Waals surface area contributed by atoms with E-state index >= 15 is 0 Å². The fourth-order valence-corrected chi connectivity index (χ4v) is 3.61. The van der Waals surface area contributed by atoms with Gasteiger partial charge in [0.1, 0.15) is 19.0 Å². The third kappa shape index (κ3) is 5.38. The van der Waals surface area contributed by atoms with Crippen molar-refractivity contribution in [1.82, 2.24) is 15.1 Å². The number of hydrogen-bond donors (Lipinski definition) is 2. The van der Waals surface area contributed by atoms with Crippen molar-refractivity contribution < 1.29 is 28.3 Å². The monoisotopic (exact) mass is 442 g/mol. The van der Waals surface area contributed by atoms with Crippen molar-refractivity contribution >= 4 is 23.5 Å². The van der Waals surface area contributed by atoms with Crippen LogP contribution in [0.15, 0.2) is 34.7 Å². The molecule has 3 heterocycles. The second kappa shape index (κ2) is 9.73. The molecule has 1 aromatic heterocycles. The fourth-order valence-electron chi connectivity index (χ4n) is 3.61. The summed E-state index contributed by atoms with van der Waals surface area (Å²) < 4.78 is 16.3. The van der Waals surface area contributed by atoms with Crippen molar-refractivity contribution in [1.29, 1.82) is 0 Å². The minimum atomic E-state index is -0.601. The van der Waals surface area contributed by atoms with Gasteiger partial charge >= 0.3 is 6.03 Å². The van der Waals surface area contributed by atoms with Crippen molar-refractivity contribution in [3.05, 3.63) is 41.9 Å². The molecule has 2 aliphatic rings. The molecular weight excluding hydrogens is 416 g/mol. The summed E-state index contributed by atoms with van der Waals surface area (Å²) in [4.78, 5) is 40.5. The molecule has 0 bridgehead atoms. The number of urea groups is 1. The second-order valence-electron chi connectivity index (χ2n) is 7.65. The molecule has 1 fully saturated rings. The van der Waals surface area contributed by atoms with Crippen LogP contribution in [0.5, 0.6) is 11.5 Å². The summed E-state index contributed by atoms with van der Waals surface area (Å²) in [6.07, 6.45) is 0.180. The Hall–Kier alpha value is -3.53. The zero-order valence-corrected chi connectivity index (χ0v) is 17.9. The molecule has 0 spiro atoms. The lowest BCUT2D eigenvalue weighted by atomic mass is 10.2. The van der Waals surface area contributed by atoms with Crippen molar-refractivity contribution in [3.63, 3.8) is 0 Å². The van der Waals surface area contributed by atoms with Gasteiger partial charge in [0, 0.05) is 50.9 Å². The van der Waals surface area contributed by atoms with Gasteiger partial charge in [-0.1, -0.05) is 0 Å². The van der Waals surface area contributed by atoms with Gasteiger partial charge in [-0.05, 0) is 31.2 Å². The lowest BCUT2D eigenvalue weighted by molar-refractivity contribution is -0.120. The van der Waals surface area contributed by atoms with E-state index in [0.29, 0.717) is 74.6 Å². The van der Waals surface area contributed by atoms with Crippen molar-refractivity contribution in [3.8, 4) is 11.5 Å². The van der Waals surface area contributed by atoms with Gasteiger partial charge in [-0.15, -0.1) is 0 Å². The summed E-state index contributed by atoms with van der Waals surface area (Å²) >= 11 is 0. The maximum atomic E-state index is 12.4. The van der Waals surface area contributed by atoms with Gasteiger partial charge in [-0.25, -0.2) is 4.79 Å². The number of carbonyl (C=O) groups is 3. The average molecular weight is 442 g/mol. The molecule has 0 atom stereocenters. The van der Waals surface area contributed by atoms with Crippen LogP contribution >= 0.6 is 0 Å². The van der Waals surface area contributed by atoms with Crippen LogP contribution in [0.2, 0.25) is 0 Å². The van der Waals surface area contributed by atoms with Crippen LogP contribution < -0.4 is 20.1 Å². The highest BCUT2D eigenvalue weighted by Gasteiger charge is 2.24. The highest BCUT2D eigenvalue weighted by atomic mass is 16.6. The first kappa shape index (κ1) is 21.7. The summed E-state index contributed by atoms with van der Waals surface area (Å²) in [7, 11) is 0. The molecule has 2 aromatic rings. The van der Waals surface area contributed by atoms with Gasteiger partial charge in [-0.2, -0.15) is 0 Å². The highest BCUT2D eigenvalue weighted by molar-refractivity contribution is 6.01. The molecule has 1 saturated heterocycles. The lowest BCUT2D eigenvalue weighted by Crippen LogP contribution is -2.49. The first-order valence-electron chi connectivity index (χ1n) is 10.6. The molecule has 0 aliphatic carbocycles. The molecule has 10 heteroatoms. The summed E-state index contributed by atoms with van der Waals surface area (Å²) in [6, 6.07) is 7.90. The standard InChI is InChI=1S/C22H26N4O6/c1-15-2-4-18(32-15)21(28)26-10-8-25(9-11-26)7-6-20(27)24-22(29)23-16-3-5-17-19(14-16)31-13-12-30-17/h2-5,14H,6-13H2,1H3,(H2,23,24,27,29). The van der Waals surface area contributed by atoms with Crippen LogP contribution in [-0.4, -0.2) is 73.6 Å². The number of benzene rings is 1. The third-order valence-corrected chi connectivity index (χ3v) is 5.32. The maximum absolute atomic E-state index is 12.4. The minimum Gasteiger partial charge on any atom is -0.486 e. The molecule has 0 radical (unpaired) electrons. The number of furan rings is 1. The Bertz CT molecular complexity index is 996. The van der Waals surface area contributed by atoms with E-state index in [4.69, 9.17) is 13.9 Å². The molecule has 2 N–H and O–H groups in total. The van der Waals surface area contributed by atoms with Crippen LogP contribution in [0.1, 0.15) is 22.7 Å². The molecule has 2 aliphatic heterocycles. The fraction of sp³-hybridized carbons (Fsp3) is 0.409. The van der Waals surface area contributed by atoms with Gasteiger partial charge in [0.2, 0.25) is 5.91 Å². The van der Waals surface area contributed by atoms with Crippen molar-refractivity contribution in [2.75, 3.05) is 51.3 Å². The Kier molecular flexibility index (Phi) is 6.60. The Morgan fingerprint density at radius 3 is 2.44 bits per heavy atom. The molecule has 170 valence electrons. The first-order chi connectivity index (χ1) is 15.5. The average Bonchev–Trinajstić information content (AvgIpc) is 3.23. The SMILES string of the molecule is Cc1ccc(C(=O)N2CCN(CCC(=O)NC(=O)Nc3ccc4c(c3)OCCO4)CC2)o1. The van der Waals surface area contributed by atoms with E-state index in [9.17, 15) is 14.4 Å².